The van der Waals surface area contributed by atoms with Crippen LogP contribution < -0.4 is 5.32 Å². The van der Waals surface area contributed by atoms with Crippen molar-refractivity contribution in [2.75, 3.05) is 7.11 Å². The number of rotatable bonds is 6. The van der Waals surface area contributed by atoms with Crippen LogP contribution in [-0.4, -0.2) is 25.0 Å². The number of esters is 1. The maximum absolute atomic E-state index is 13.3. The predicted molar refractivity (Wildman–Crippen MR) is 103 cm³/mol. The zero-order valence-electron chi connectivity index (χ0n) is 16.5. The molecule has 1 atom stereocenters. The first-order valence-corrected chi connectivity index (χ1v) is 9.00. The Labute approximate surface area is 163 Å². The lowest BCUT2D eigenvalue weighted by atomic mass is 9.86. The first-order chi connectivity index (χ1) is 13.1. The molecule has 0 spiro atoms. The van der Waals surface area contributed by atoms with E-state index in [4.69, 9.17) is 4.74 Å². The SMILES string of the molecule is COC(=O)[C@H](Cc1ccc(C(C)(C)C)cc1)NC(=O)Cc1ccc(F)c(F)c1. The van der Waals surface area contributed by atoms with Crippen LogP contribution in [0, 0.1) is 11.6 Å². The maximum Gasteiger partial charge on any atom is 0.328 e. The van der Waals surface area contributed by atoms with Crippen LogP contribution >= 0.6 is 0 Å². The minimum absolute atomic E-state index is 0.0128. The van der Waals surface area contributed by atoms with E-state index in [2.05, 4.69) is 26.1 Å². The average molecular weight is 389 g/mol. The van der Waals surface area contributed by atoms with E-state index >= 15 is 0 Å². The lowest BCUT2D eigenvalue weighted by molar-refractivity contribution is -0.145. The van der Waals surface area contributed by atoms with E-state index in [-0.39, 0.29) is 18.3 Å². The molecular weight excluding hydrogens is 364 g/mol. The Kier molecular flexibility index (Phi) is 6.89. The lowest BCUT2D eigenvalue weighted by Gasteiger charge is -2.20. The molecule has 0 saturated carbocycles. The van der Waals surface area contributed by atoms with E-state index in [0.717, 1.165) is 23.3 Å². The second kappa shape index (κ2) is 8.95. The number of halogens is 2. The summed E-state index contributed by atoms with van der Waals surface area (Å²) >= 11 is 0. The lowest BCUT2D eigenvalue weighted by Crippen LogP contribution is -2.43. The molecule has 6 heteroatoms. The highest BCUT2D eigenvalue weighted by atomic mass is 19.2. The van der Waals surface area contributed by atoms with Crippen LogP contribution in [0.25, 0.3) is 0 Å². The Bertz CT molecular complexity index is 842. The molecule has 150 valence electrons. The summed E-state index contributed by atoms with van der Waals surface area (Å²) in [7, 11) is 1.25. The number of hydrogen-bond acceptors (Lipinski definition) is 3. The monoisotopic (exact) mass is 389 g/mol. The fourth-order valence-electron chi connectivity index (χ4n) is 2.79. The smallest absolute Gasteiger partial charge is 0.328 e. The van der Waals surface area contributed by atoms with Gasteiger partial charge in [-0.05, 0) is 34.2 Å². The third-order valence-electron chi connectivity index (χ3n) is 4.43. The summed E-state index contributed by atoms with van der Waals surface area (Å²) in [5.41, 5.74) is 2.36. The van der Waals surface area contributed by atoms with Gasteiger partial charge in [-0.1, -0.05) is 51.1 Å². The molecule has 0 aliphatic rings. The molecule has 1 amide bonds. The third kappa shape index (κ3) is 5.87. The van der Waals surface area contributed by atoms with Crippen molar-refractivity contribution in [1.82, 2.24) is 5.32 Å². The largest absolute Gasteiger partial charge is 0.467 e. The van der Waals surface area contributed by atoms with Crippen LogP contribution in [0.5, 0.6) is 0 Å². The molecule has 0 unspecified atom stereocenters. The van der Waals surface area contributed by atoms with Crippen LogP contribution in [0.2, 0.25) is 0 Å². The number of methoxy groups -OCH3 is 1. The molecular formula is C22H25F2NO3. The molecule has 2 aromatic rings. The fourth-order valence-corrected chi connectivity index (χ4v) is 2.79. The van der Waals surface area contributed by atoms with Gasteiger partial charge in [0, 0.05) is 6.42 Å². The Morgan fingerprint density at radius 1 is 1.00 bits per heavy atom. The Hall–Kier alpha value is -2.76. The van der Waals surface area contributed by atoms with Crippen LogP contribution in [-0.2, 0) is 32.6 Å². The van der Waals surface area contributed by atoms with Crippen molar-refractivity contribution < 1.29 is 23.1 Å². The van der Waals surface area contributed by atoms with Gasteiger partial charge in [-0.15, -0.1) is 0 Å². The second-order valence-electron chi connectivity index (χ2n) is 7.72. The molecule has 1 N–H and O–H groups in total. The average Bonchev–Trinajstić information content (AvgIpc) is 2.63. The number of benzene rings is 2. The number of ether oxygens (including phenoxy) is 1. The first kappa shape index (κ1) is 21.5. The third-order valence-corrected chi connectivity index (χ3v) is 4.43. The highest BCUT2D eigenvalue weighted by Crippen LogP contribution is 2.22. The van der Waals surface area contributed by atoms with Gasteiger partial charge in [0.1, 0.15) is 6.04 Å². The number of hydrogen-bond donors (Lipinski definition) is 1. The highest BCUT2D eigenvalue weighted by Gasteiger charge is 2.23. The molecule has 28 heavy (non-hydrogen) atoms. The molecule has 0 saturated heterocycles. The van der Waals surface area contributed by atoms with Gasteiger partial charge in [-0.3, -0.25) is 4.79 Å². The van der Waals surface area contributed by atoms with Crippen molar-refractivity contribution >= 4 is 11.9 Å². The molecule has 0 aliphatic heterocycles. The Morgan fingerprint density at radius 3 is 2.14 bits per heavy atom. The number of amides is 1. The van der Waals surface area contributed by atoms with Gasteiger partial charge in [0.25, 0.3) is 0 Å². The Balaban J connectivity index is 2.07. The molecule has 0 aromatic heterocycles. The first-order valence-electron chi connectivity index (χ1n) is 9.00. The van der Waals surface area contributed by atoms with Crippen molar-refractivity contribution in [3.63, 3.8) is 0 Å². The van der Waals surface area contributed by atoms with Gasteiger partial charge in [-0.25, -0.2) is 13.6 Å². The quantitative estimate of drug-likeness (QED) is 0.767. The second-order valence-corrected chi connectivity index (χ2v) is 7.72. The molecule has 4 nitrogen and oxygen atoms in total. The standard InChI is InChI=1S/C22H25F2NO3/c1-22(2,3)16-8-5-14(6-9-16)12-19(21(27)28-4)25-20(26)13-15-7-10-17(23)18(24)11-15/h5-11,19H,12-13H2,1-4H3,(H,25,26)/t19-/m0/s1. The highest BCUT2D eigenvalue weighted by molar-refractivity contribution is 5.85. The molecule has 0 radical (unpaired) electrons. The summed E-state index contributed by atoms with van der Waals surface area (Å²) in [5, 5.41) is 2.61. The summed E-state index contributed by atoms with van der Waals surface area (Å²) in [6, 6.07) is 10.2. The van der Waals surface area contributed by atoms with Crippen LogP contribution in [0.4, 0.5) is 8.78 Å². The summed E-state index contributed by atoms with van der Waals surface area (Å²) in [5.74, 6) is -3.05. The summed E-state index contributed by atoms with van der Waals surface area (Å²) < 4.78 is 31.1. The summed E-state index contributed by atoms with van der Waals surface area (Å²) in [6.45, 7) is 6.33. The van der Waals surface area contributed by atoms with Crippen LogP contribution in [0.15, 0.2) is 42.5 Å². The Morgan fingerprint density at radius 2 is 1.61 bits per heavy atom. The van der Waals surface area contributed by atoms with Crippen LogP contribution in [0.3, 0.4) is 0 Å². The fraction of sp³-hybridized carbons (Fsp3) is 0.364. The number of nitrogens with one attached hydrogen (secondary N) is 1. The number of carbonyl (C=O) groups is 2. The van der Waals surface area contributed by atoms with E-state index < -0.39 is 29.6 Å². The maximum atomic E-state index is 13.3. The van der Waals surface area contributed by atoms with E-state index in [1.165, 1.54) is 13.2 Å². The van der Waals surface area contributed by atoms with Gasteiger partial charge < -0.3 is 10.1 Å². The minimum atomic E-state index is -1.02. The summed E-state index contributed by atoms with van der Waals surface area (Å²) in [4.78, 5) is 24.4. The molecule has 2 aromatic carbocycles. The molecule has 0 aliphatic carbocycles. The van der Waals surface area contributed by atoms with E-state index in [1.807, 2.05) is 24.3 Å². The van der Waals surface area contributed by atoms with Crippen molar-refractivity contribution in [3.8, 4) is 0 Å². The van der Waals surface area contributed by atoms with E-state index in [0.29, 0.717) is 5.56 Å². The molecule has 0 fully saturated rings. The van der Waals surface area contributed by atoms with Crippen molar-refractivity contribution in [2.45, 2.75) is 45.1 Å². The number of carbonyl (C=O) groups excluding carboxylic acids is 2. The van der Waals surface area contributed by atoms with E-state index in [9.17, 15) is 18.4 Å². The molecule has 2 rings (SSSR count). The van der Waals surface area contributed by atoms with E-state index in [1.54, 1.807) is 0 Å². The van der Waals surface area contributed by atoms with Crippen molar-refractivity contribution in [2.24, 2.45) is 0 Å². The molecule has 0 heterocycles. The van der Waals surface area contributed by atoms with Gasteiger partial charge in [0.2, 0.25) is 5.91 Å². The van der Waals surface area contributed by atoms with Crippen molar-refractivity contribution in [3.05, 3.63) is 70.8 Å². The van der Waals surface area contributed by atoms with Gasteiger partial charge in [0.15, 0.2) is 11.6 Å². The zero-order valence-corrected chi connectivity index (χ0v) is 16.5. The van der Waals surface area contributed by atoms with Crippen molar-refractivity contribution in [1.29, 1.82) is 0 Å². The van der Waals surface area contributed by atoms with Gasteiger partial charge >= 0.3 is 5.97 Å². The topological polar surface area (TPSA) is 55.4 Å². The predicted octanol–water partition coefficient (Wildman–Crippen LogP) is 3.71. The minimum Gasteiger partial charge on any atom is -0.467 e. The molecule has 0 bridgehead atoms. The summed E-state index contributed by atoms with van der Waals surface area (Å²) in [6.07, 6.45) is 0.0915. The zero-order chi connectivity index (χ0) is 20.9. The van der Waals surface area contributed by atoms with Crippen LogP contribution in [0.1, 0.15) is 37.5 Å². The van der Waals surface area contributed by atoms with Gasteiger partial charge in [-0.2, -0.15) is 0 Å². The normalized spacial score (nSPS) is 12.4. The van der Waals surface area contributed by atoms with Gasteiger partial charge in [0.05, 0.1) is 13.5 Å².